The predicted octanol–water partition coefficient (Wildman–Crippen LogP) is 3.96. The van der Waals surface area contributed by atoms with Crippen molar-refractivity contribution in [3.05, 3.63) is 54.4 Å². The van der Waals surface area contributed by atoms with Crippen molar-refractivity contribution in [2.24, 2.45) is 0 Å². The molecule has 2 fully saturated rings. The van der Waals surface area contributed by atoms with E-state index < -0.39 is 0 Å². The maximum absolute atomic E-state index is 11.9. The molecule has 6 heteroatoms. The van der Waals surface area contributed by atoms with E-state index in [-0.39, 0.29) is 11.4 Å². The lowest BCUT2D eigenvalue weighted by molar-refractivity contribution is -0.117. The van der Waals surface area contributed by atoms with Gasteiger partial charge in [0.2, 0.25) is 5.91 Å². The van der Waals surface area contributed by atoms with Gasteiger partial charge in [-0.15, -0.1) is 0 Å². The zero-order chi connectivity index (χ0) is 18.7. The van der Waals surface area contributed by atoms with E-state index >= 15 is 0 Å². The Bertz CT molecular complexity index is 816. The highest BCUT2D eigenvalue weighted by Gasteiger charge is 2.37. The molecule has 2 aliphatic rings. The molecule has 0 atom stereocenters. The number of rotatable bonds is 4. The van der Waals surface area contributed by atoms with E-state index in [1.807, 2.05) is 47.5 Å². The maximum Gasteiger partial charge on any atom is 0.227 e. The van der Waals surface area contributed by atoms with Crippen molar-refractivity contribution in [1.29, 1.82) is 0 Å². The monoisotopic (exact) mass is 380 g/mol. The van der Waals surface area contributed by atoms with E-state index in [1.54, 1.807) is 0 Å². The van der Waals surface area contributed by atoms with Gasteiger partial charge in [-0.2, -0.15) is 0 Å². The second-order valence-corrected chi connectivity index (χ2v) is 7.69. The molecule has 1 aliphatic heterocycles. The summed E-state index contributed by atoms with van der Waals surface area (Å²) in [6.45, 7) is 0.804. The van der Waals surface area contributed by atoms with Crippen LogP contribution in [0.15, 0.2) is 48.7 Å². The van der Waals surface area contributed by atoms with E-state index in [0.717, 1.165) is 42.9 Å². The second-order valence-electron chi connectivity index (χ2n) is 7.28. The minimum Gasteiger partial charge on any atom is -0.351 e. The summed E-state index contributed by atoms with van der Waals surface area (Å²) in [5.74, 6) is 0.200. The Kier molecular flexibility index (Phi) is 5.07. The first-order valence-electron chi connectivity index (χ1n) is 9.57. The molecule has 140 valence electrons. The number of benzene rings is 1. The Morgan fingerprint density at radius 3 is 2.48 bits per heavy atom. The predicted molar refractivity (Wildman–Crippen MR) is 112 cm³/mol. The van der Waals surface area contributed by atoms with Crippen LogP contribution in [0.3, 0.4) is 0 Å². The molecule has 0 unspecified atom stereocenters. The minimum absolute atomic E-state index is 0.187. The molecule has 1 aromatic heterocycles. The third-order valence-electron chi connectivity index (χ3n) is 5.48. The smallest absolute Gasteiger partial charge is 0.227 e. The highest BCUT2D eigenvalue weighted by molar-refractivity contribution is 7.80. The van der Waals surface area contributed by atoms with Gasteiger partial charge in [0, 0.05) is 30.5 Å². The summed E-state index contributed by atoms with van der Waals surface area (Å²) in [5.41, 5.74) is 2.72. The van der Waals surface area contributed by atoms with Gasteiger partial charge >= 0.3 is 0 Å². The van der Waals surface area contributed by atoms with Gasteiger partial charge in [0.05, 0.1) is 11.2 Å². The van der Waals surface area contributed by atoms with Gasteiger partial charge in [-0.1, -0.05) is 18.9 Å². The van der Waals surface area contributed by atoms with E-state index in [0.29, 0.717) is 11.5 Å². The Balaban J connectivity index is 1.43. The minimum atomic E-state index is -0.187. The van der Waals surface area contributed by atoms with Crippen molar-refractivity contribution in [1.82, 2.24) is 10.3 Å². The fraction of sp³-hybridized carbons (Fsp3) is 0.381. The third kappa shape index (κ3) is 3.81. The maximum atomic E-state index is 11.9. The molecule has 0 radical (unpaired) electrons. The SMILES string of the molecule is O=C1CCCN1c1ccc(NC(=S)NC2(c3ccccn3)CCCC2)cc1. The Morgan fingerprint density at radius 1 is 1.07 bits per heavy atom. The van der Waals surface area contributed by atoms with Crippen molar-refractivity contribution < 1.29 is 4.79 Å². The lowest BCUT2D eigenvalue weighted by Gasteiger charge is -2.31. The van der Waals surface area contributed by atoms with Crippen LogP contribution in [0.1, 0.15) is 44.2 Å². The zero-order valence-corrected chi connectivity index (χ0v) is 16.1. The van der Waals surface area contributed by atoms with Gasteiger partial charge < -0.3 is 15.5 Å². The Morgan fingerprint density at radius 2 is 1.85 bits per heavy atom. The van der Waals surface area contributed by atoms with Gasteiger partial charge in [0.25, 0.3) is 0 Å². The molecule has 27 heavy (non-hydrogen) atoms. The van der Waals surface area contributed by atoms with Crippen LogP contribution in [0.2, 0.25) is 0 Å². The van der Waals surface area contributed by atoms with Crippen LogP contribution < -0.4 is 15.5 Å². The van der Waals surface area contributed by atoms with Crippen LogP contribution in [-0.2, 0) is 10.3 Å². The molecule has 4 rings (SSSR count). The molecule has 2 aromatic rings. The fourth-order valence-electron chi connectivity index (χ4n) is 4.10. The van der Waals surface area contributed by atoms with Gasteiger partial charge in [-0.25, -0.2) is 0 Å². The van der Waals surface area contributed by atoms with Crippen LogP contribution in [0.25, 0.3) is 0 Å². The molecular formula is C21H24N4OS. The lowest BCUT2D eigenvalue weighted by Crippen LogP contribution is -2.46. The van der Waals surface area contributed by atoms with E-state index in [2.05, 4.69) is 21.7 Å². The summed E-state index contributed by atoms with van der Waals surface area (Å²) in [6.07, 6.45) is 7.82. The quantitative estimate of drug-likeness (QED) is 0.786. The van der Waals surface area contributed by atoms with Crippen molar-refractivity contribution in [3.8, 4) is 0 Å². The summed E-state index contributed by atoms with van der Waals surface area (Å²) in [5, 5.41) is 7.41. The van der Waals surface area contributed by atoms with Crippen LogP contribution in [0.5, 0.6) is 0 Å². The normalized spacial score (nSPS) is 18.5. The molecular weight excluding hydrogens is 356 g/mol. The molecule has 5 nitrogen and oxygen atoms in total. The number of carbonyl (C=O) groups is 1. The van der Waals surface area contributed by atoms with E-state index in [9.17, 15) is 4.79 Å². The average Bonchev–Trinajstić information content (AvgIpc) is 3.33. The van der Waals surface area contributed by atoms with Crippen molar-refractivity contribution in [2.45, 2.75) is 44.1 Å². The molecule has 2 heterocycles. The number of hydrogen-bond donors (Lipinski definition) is 2. The molecule has 1 amide bonds. The standard InChI is InChI=1S/C21H24N4OS/c26-19-7-5-15-25(19)17-10-8-16(9-11-17)23-20(27)24-21(12-2-3-13-21)18-6-1-4-14-22-18/h1,4,6,8-11,14H,2-3,5,7,12-13,15H2,(H2,23,24,27). The molecule has 1 saturated heterocycles. The number of amides is 1. The number of nitrogens with one attached hydrogen (secondary N) is 2. The number of carbonyl (C=O) groups excluding carboxylic acids is 1. The summed E-state index contributed by atoms with van der Waals surface area (Å²) in [4.78, 5) is 18.3. The van der Waals surface area contributed by atoms with E-state index in [1.165, 1.54) is 12.8 Å². The molecule has 1 aliphatic carbocycles. The summed E-state index contributed by atoms with van der Waals surface area (Å²) in [6, 6.07) is 13.9. The van der Waals surface area contributed by atoms with Gasteiger partial charge in [-0.05, 0) is 67.9 Å². The Hall–Kier alpha value is -2.47. The number of anilines is 2. The lowest BCUT2D eigenvalue weighted by atomic mass is 9.93. The number of hydrogen-bond acceptors (Lipinski definition) is 3. The first-order chi connectivity index (χ1) is 13.2. The van der Waals surface area contributed by atoms with E-state index in [4.69, 9.17) is 12.2 Å². The average molecular weight is 381 g/mol. The molecule has 0 bridgehead atoms. The summed E-state index contributed by atoms with van der Waals surface area (Å²) in [7, 11) is 0. The molecule has 1 aromatic carbocycles. The van der Waals surface area contributed by atoms with Crippen LogP contribution in [-0.4, -0.2) is 22.5 Å². The topological polar surface area (TPSA) is 57.3 Å². The van der Waals surface area contributed by atoms with Crippen LogP contribution in [0.4, 0.5) is 11.4 Å². The molecule has 0 spiro atoms. The molecule has 2 N–H and O–H groups in total. The van der Waals surface area contributed by atoms with Gasteiger partial charge in [0.15, 0.2) is 5.11 Å². The Labute approximate surface area is 165 Å². The summed E-state index contributed by atoms with van der Waals surface area (Å²) >= 11 is 5.59. The van der Waals surface area contributed by atoms with Crippen LogP contribution >= 0.6 is 12.2 Å². The second kappa shape index (κ2) is 7.64. The van der Waals surface area contributed by atoms with Crippen molar-refractivity contribution in [2.75, 3.05) is 16.8 Å². The number of aromatic nitrogens is 1. The number of nitrogens with zero attached hydrogens (tertiary/aromatic N) is 2. The number of thiocarbonyl (C=S) groups is 1. The van der Waals surface area contributed by atoms with Crippen molar-refractivity contribution in [3.63, 3.8) is 0 Å². The zero-order valence-electron chi connectivity index (χ0n) is 15.3. The van der Waals surface area contributed by atoms with Gasteiger partial charge in [-0.3, -0.25) is 9.78 Å². The first-order valence-corrected chi connectivity index (χ1v) is 9.98. The van der Waals surface area contributed by atoms with Gasteiger partial charge in [0.1, 0.15) is 0 Å². The largest absolute Gasteiger partial charge is 0.351 e. The first kappa shape index (κ1) is 17.9. The highest BCUT2D eigenvalue weighted by Crippen LogP contribution is 2.37. The number of pyridine rings is 1. The summed E-state index contributed by atoms with van der Waals surface area (Å²) < 4.78 is 0. The van der Waals surface area contributed by atoms with Crippen molar-refractivity contribution >= 4 is 34.6 Å². The fourth-order valence-corrected chi connectivity index (χ4v) is 4.41. The molecule has 1 saturated carbocycles. The highest BCUT2D eigenvalue weighted by atomic mass is 32.1. The third-order valence-corrected chi connectivity index (χ3v) is 5.68. The van der Waals surface area contributed by atoms with Crippen LogP contribution in [0, 0.1) is 0 Å².